The number of likely N-dealkylation sites (N-methyl/N-ethyl adjacent to an activating group) is 1. The van der Waals surface area contributed by atoms with Crippen LogP contribution in [0, 0.1) is 56.7 Å². The van der Waals surface area contributed by atoms with Crippen LogP contribution in [-0.2, 0) is 4.79 Å². The van der Waals surface area contributed by atoms with Crippen molar-refractivity contribution < 1.29 is 15.0 Å². The zero-order chi connectivity index (χ0) is 31.2. The van der Waals surface area contributed by atoms with Gasteiger partial charge in [-0.1, -0.05) is 66.2 Å². The molecule has 13 atom stereocenters. The molecule has 0 aromatic heterocycles. The molecule has 5 rings (SSSR count). The van der Waals surface area contributed by atoms with Gasteiger partial charge in [-0.3, -0.25) is 4.79 Å². The second kappa shape index (κ2) is 10.6. The number of rotatable bonds is 4. The van der Waals surface area contributed by atoms with Crippen LogP contribution in [0.15, 0.2) is 23.3 Å². The van der Waals surface area contributed by atoms with Crippen LogP contribution in [0.5, 0.6) is 0 Å². The number of carbonyl (C=O) groups is 1. The van der Waals surface area contributed by atoms with Gasteiger partial charge in [-0.25, -0.2) is 0 Å². The Hall–Kier alpha value is -0.820. The molecule has 5 aliphatic carbocycles. The van der Waals surface area contributed by atoms with E-state index in [1.54, 1.807) is 0 Å². The van der Waals surface area contributed by atoms with E-state index in [4.69, 9.17) is 12.6 Å². The van der Waals surface area contributed by atoms with Crippen LogP contribution < -0.4 is 10.6 Å². The molecule has 4 saturated carbocycles. The van der Waals surface area contributed by atoms with Gasteiger partial charge in [-0.2, -0.15) is 12.6 Å². The van der Waals surface area contributed by atoms with Crippen molar-refractivity contribution in [3.8, 4) is 0 Å². The highest BCUT2D eigenvalue weighted by Gasteiger charge is 2.74. The monoisotopic (exact) mass is 600 g/mol. The van der Waals surface area contributed by atoms with E-state index < -0.39 is 28.2 Å². The van der Waals surface area contributed by atoms with E-state index in [0.717, 1.165) is 37.0 Å². The maximum absolute atomic E-state index is 13.4. The minimum atomic E-state index is -0.806. The lowest BCUT2D eigenvalue weighted by Crippen LogP contribution is -2.78. The minimum absolute atomic E-state index is 0.00261. The van der Waals surface area contributed by atoms with Gasteiger partial charge in [0.25, 0.3) is 0 Å². The van der Waals surface area contributed by atoms with Gasteiger partial charge in [0.05, 0.1) is 18.8 Å². The smallest absolute Gasteiger partial charge is 0.246 e. The first-order valence-corrected chi connectivity index (χ1v) is 17.3. The predicted octanol–water partition coefficient (Wildman–Crippen LogP) is 6.16. The van der Waals surface area contributed by atoms with E-state index in [0.29, 0.717) is 11.5 Å². The van der Waals surface area contributed by atoms with Crippen LogP contribution in [-0.4, -0.2) is 53.2 Å². The average molecular weight is 601 g/mol. The van der Waals surface area contributed by atoms with Gasteiger partial charge in [0.15, 0.2) is 0 Å². The molecule has 0 aliphatic heterocycles. The number of fused-ring (bicyclic) bond motifs is 7. The van der Waals surface area contributed by atoms with Crippen LogP contribution >= 0.6 is 12.6 Å². The lowest BCUT2D eigenvalue weighted by molar-refractivity contribution is -0.211. The molecule has 5 aliphatic rings. The number of nitrogens with one attached hydrogen (secondary N) is 2. The Bertz CT molecular complexity index is 1150. The molecule has 4 fully saturated rings. The topological polar surface area (TPSA) is 81.6 Å². The van der Waals surface area contributed by atoms with Gasteiger partial charge in [0.1, 0.15) is 0 Å². The van der Waals surface area contributed by atoms with Gasteiger partial charge in [-0.05, 0) is 105 Å². The summed E-state index contributed by atoms with van der Waals surface area (Å²) in [6.45, 7) is 20.5. The average Bonchev–Trinajstić information content (AvgIpc) is 2.94. The summed E-state index contributed by atoms with van der Waals surface area (Å²) in [7, 11) is 1.95. The first-order valence-electron chi connectivity index (χ1n) is 16.8. The van der Waals surface area contributed by atoms with Crippen molar-refractivity contribution >= 4 is 18.5 Å². The lowest BCUT2D eigenvalue weighted by Gasteiger charge is -2.73. The van der Waals surface area contributed by atoms with Crippen molar-refractivity contribution in [2.75, 3.05) is 13.7 Å². The number of aliphatic hydroxyl groups is 2. The highest BCUT2D eigenvalue weighted by atomic mass is 32.1. The Morgan fingerprint density at radius 1 is 1.12 bits per heavy atom. The molecular formula is C36H60N2O3S. The normalized spacial score (nSPS) is 51.8. The Morgan fingerprint density at radius 2 is 1.79 bits per heavy atom. The highest BCUT2D eigenvalue weighted by Crippen LogP contribution is 2.75. The summed E-state index contributed by atoms with van der Waals surface area (Å²) < 4.78 is 0. The van der Waals surface area contributed by atoms with Gasteiger partial charge >= 0.3 is 0 Å². The molecule has 0 saturated heterocycles. The number of aliphatic hydroxyl groups excluding tert-OH is 2. The number of hydrogen-bond acceptors (Lipinski definition) is 5. The van der Waals surface area contributed by atoms with Crippen LogP contribution in [0.25, 0.3) is 0 Å². The Balaban J connectivity index is 1.67. The molecule has 238 valence electrons. The quantitative estimate of drug-likeness (QED) is 0.152. The minimum Gasteiger partial charge on any atom is -0.396 e. The summed E-state index contributed by atoms with van der Waals surface area (Å²) in [6.07, 6.45) is 10.4. The third-order valence-electron chi connectivity index (χ3n) is 15.0. The first-order chi connectivity index (χ1) is 19.5. The standard InChI is InChI=1S/C36H60N2O3S/c1-11-20(2)31(41)38-28-27(37-10)32(5,6)18-25-24-12-13-26-33(7)16-14-21(3)22(4)23(33)15-17-34(26,8)35(24,9)29(40)30(42)36(25,28)19-39/h11-12,21-23,25-30,37,39-40,42H,13-19H2,1-10H3,(H,38,41)/b20-11-/t21?,22?,23?,25?,26?,27?,28-,29-,30?,33?,34?,35-,36?/m0/s1. The van der Waals surface area contributed by atoms with E-state index in [-0.39, 0.29) is 40.7 Å². The van der Waals surface area contributed by atoms with Gasteiger partial charge in [-0.15, -0.1) is 0 Å². The third-order valence-corrected chi connectivity index (χ3v) is 15.8. The van der Waals surface area contributed by atoms with E-state index in [1.165, 1.54) is 24.8 Å². The Morgan fingerprint density at radius 3 is 2.38 bits per heavy atom. The zero-order valence-corrected chi connectivity index (χ0v) is 28.9. The van der Waals surface area contributed by atoms with E-state index in [1.807, 2.05) is 27.0 Å². The third kappa shape index (κ3) is 4.02. The van der Waals surface area contributed by atoms with Gasteiger partial charge < -0.3 is 20.8 Å². The van der Waals surface area contributed by atoms with Crippen molar-refractivity contribution in [2.24, 2.45) is 56.7 Å². The molecule has 5 nitrogen and oxygen atoms in total. The molecule has 0 spiro atoms. The fourth-order valence-corrected chi connectivity index (χ4v) is 12.7. The molecule has 0 bridgehead atoms. The molecule has 1 amide bonds. The number of thiol groups is 1. The summed E-state index contributed by atoms with van der Waals surface area (Å²) in [5.74, 6) is 2.60. The van der Waals surface area contributed by atoms with Crippen molar-refractivity contribution in [1.82, 2.24) is 10.6 Å². The predicted molar refractivity (Wildman–Crippen MR) is 175 cm³/mol. The van der Waals surface area contributed by atoms with E-state index >= 15 is 0 Å². The molecule has 4 N–H and O–H groups in total. The second-order valence-electron chi connectivity index (χ2n) is 16.7. The summed E-state index contributed by atoms with van der Waals surface area (Å²) in [4.78, 5) is 13.4. The van der Waals surface area contributed by atoms with Crippen LogP contribution in [0.3, 0.4) is 0 Å². The molecule has 6 heteroatoms. The summed E-state index contributed by atoms with van der Waals surface area (Å²) in [5.41, 5.74) is 0.732. The zero-order valence-electron chi connectivity index (χ0n) is 28.1. The molecule has 0 aromatic carbocycles. The largest absolute Gasteiger partial charge is 0.396 e. The Labute approximate surface area is 261 Å². The number of hydrogen-bond donors (Lipinski definition) is 5. The lowest BCUT2D eigenvalue weighted by atomic mass is 9.33. The number of carbonyl (C=O) groups excluding carboxylic acids is 1. The SMILES string of the molecule is C/C=C(/C)C(=O)N[C@H]1C(NC)C(C)(C)CC2C3=CCC4C5(C)CCC(C)C(C)C5CCC4(C)[C@]3(C)[C@@H](O)C(S)C21CO. The van der Waals surface area contributed by atoms with Gasteiger partial charge in [0, 0.05) is 27.7 Å². The Kier molecular flexibility index (Phi) is 8.24. The van der Waals surface area contributed by atoms with Crippen molar-refractivity contribution in [1.29, 1.82) is 0 Å². The molecule has 0 heterocycles. The summed E-state index contributed by atoms with van der Waals surface area (Å²) >= 11 is 5.31. The van der Waals surface area contributed by atoms with Crippen LogP contribution in [0.4, 0.5) is 0 Å². The maximum Gasteiger partial charge on any atom is 0.246 e. The summed E-state index contributed by atoms with van der Waals surface area (Å²) in [5, 5.41) is 30.5. The fourth-order valence-electron chi connectivity index (χ4n) is 12.0. The molecule has 0 radical (unpaired) electrons. The fraction of sp³-hybridized carbons (Fsp3) is 0.861. The molecular weight excluding hydrogens is 540 g/mol. The molecule has 0 aromatic rings. The van der Waals surface area contributed by atoms with Crippen LogP contribution in [0.1, 0.15) is 101 Å². The molecule has 10 unspecified atom stereocenters. The number of amides is 1. The van der Waals surface area contributed by atoms with E-state index in [2.05, 4.69) is 65.2 Å². The van der Waals surface area contributed by atoms with Crippen LogP contribution in [0.2, 0.25) is 0 Å². The van der Waals surface area contributed by atoms with Crippen molar-refractivity contribution in [3.63, 3.8) is 0 Å². The number of allylic oxidation sites excluding steroid dienone is 2. The van der Waals surface area contributed by atoms with Crippen molar-refractivity contribution in [3.05, 3.63) is 23.3 Å². The summed E-state index contributed by atoms with van der Waals surface area (Å²) in [6, 6.07) is -0.487. The van der Waals surface area contributed by atoms with Crippen molar-refractivity contribution in [2.45, 2.75) is 124 Å². The first kappa shape index (κ1) is 32.6. The second-order valence-corrected chi connectivity index (χ2v) is 17.2. The highest BCUT2D eigenvalue weighted by molar-refractivity contribution is 7.81. The van der Waals surface area contributed by atoms with E-state index in [9.17, 15) is 15.0 Å². The van der Waals surface area contributed by atoms with Gasteiger partial charge in [0.2, 0.25) is 5.91 Å². The maximum atomic E-state index is 13.4. The molecule has 42 heavy (non-hydrogen) atoms.